The fraction of sp³-hybridized carbons (Fsp3) is 0.833. The number of carbonyl (C=O) groups is 2. The van der Waals surface area contributed by atoms with Gasteiger partial charge in [0.05, 0.1) is 11.8 Å². The number of hydrogen-bond acceptors (Lipinski definition) is 4. The van der Waals surface area contributed by atoms with Crippen LogP contribution >= 0.6 is 0 Å². The normalized spacial score (nSPS) is 14.8. The molecule has 0 saturated heterocycles. The summed E-state index contributed by atoms with van der Waals surface area (Å²) in [7, 11) is 0. The molecular weight excluding hydrogens is 208 g/mol. The molecule has 94 valence electrons. The van der Waals surface area contributed by atoms with Crippen LogP contribution in [0.3, 0.4) is 0 Å². The van der Waals surface area contributed by atoms with Crippen LogP contribution < -0.4 is 0 Å². The van der Waals surface area contributed by atoms with Gasteiger partial charge in [0, 0.05) is 0 Å². The van der Waals surface area contributed by atoms with E-state index in [1.807, 2.05) is 0 Å². The molecule has 2 atom stereocenters. The van der Waals surface area contributed by atoms with Crippen molar-refractivity contribution in [3.8, 4) is 0 Å². The van der Waals surface area contributed by atoms with E-state index < -0.39 is 12.2 Å². The first-order valence-electron chi connectivity index (χ1n) is 5.66. The molecule has 4 heteroatoms. The van der Waals surface area contributed by atoms with Gasteiger partial charge in [-0.25, -0.2) is 0 Å². The van der Waals surface area contributed by atoms with E-state index in [2.05, 4.69) is 0 Å². The summed E-state index contributed by atoms with van der Waals surface area (Å²) in [6.07, 6.45) is -0.838. The minimum absolute atomic E-state index is 0.171. The quantitative estimate of drug-likeness (QED) is 0.679. The number of rotatable bonds is 5. The summed E-state index contributed by atoms with van der Waals surface area (Å²) in [4.78, 5) is 22.6. The highest BCUT2D eigenvalue weighted by Crippen LogP contribution is 2.09. The third-order valence-corrected chi connectivity index (χ3v) is 2.21. The Balaban J connectivity index is 4.14. The topological polar surface area (TPSA) is 52.6 Å². The van der Waals surface area contributed by atoms with Crippen LogP contribution in [-0.2, 0) is 19.1 Å². The van der Waals surface area contributed by atoms with Crippen molar-refractivity contribution in [2.75, 3.05) is 0 Å². The van der Waals surface area contributed by atoms with Crippen LogP contribution in [0.15, 0.2) is 0 Å². The van der Waals surface area contributed by atoms with Gasteiger partial charge < -0.3 is 9.47 Å². The lowest BCUT2D eigenvalue weighted by atomic mass is 10.2. The molecule has 0 aliphatic carbocycles. The number of hydrogen-bond donors (Lipinski definition) is 0. The number of carbonyl (C=O) groups excluding carboxylic acids is 2. The number of esters is 2. The van der Waals surface area contributed by atoms with E-state index in [-0.39, 0.29) is 23.8 Å². The lowest BCUT2D eigenvalue weighted by molar-refractivity contribution is -0.169. The first-order valence-corrected chi connectivity index (χ1v) is 5.66. The van der Waals surface area contributed by atoms with Gasteiger partial charge in [0.25, 0.3) is 0 Å². The van der Waals surface area contributed by atoms with Crippen LogP contribution in [0, 0.1) is 11.8 Å². The lowest BCUT2D eigenvalue weighted by Crippen LogP contribution is -2.33. The molecule has 0 aromatic carbocycles. The van der Waals surface area contributed by atoms with E-state index >= 15 is 0 Å². The molecule has 0 aliphatic heterocycles. The fourth-order valence-electron chi connectivity index (χ4n) is 0.830. The second-order valence-corrected chi connectivity index (χ2v) is 4.59. The van der Waals surface area contributed by atoms with E-state index in [9.17, 15) is 9.59 Å². The highest BCUT2D eigenvalue weighted by molar-refractivity contribution is 5.72. The SMILES string of the molecule is CC(C)C(=O)O[C@@H](C)[C@H](C)OC(=O)C(C)C. The van der Waals surface area contributed by atoms with Crippen molar-refractivity contribution < 1.29 is 19.1 Å². The Morgan fingerprint density at radius 1 is 0.688 bits per heavy atom. The monoisotopic (exact) mass is 230 g/mol. The molecule has 0 unspecified atom stereocenters. The summed E-state index contributed by atoms with van der Waals surface area (Å²) in [5, 5.41) is 0. The fourth-order valence-corrected chi connectivity index (χ4v) is 0.830. The van der Waals surface area contributed by atoms with Gasteiger partial charge in [-0.1, -0.05) is 27.7 Å². The van der Waals surface area contributed by atoms with Crippen molar-refractivity contribution in [1.29, 1.82) is 0 Å². The molecule has 0 spiro atoms. The van der Waals surface area contributed by atoms with E-state index in [0.717, 1.165) is 0 Å². The minimum Gasteiger partial charge on any atom is -0.459 e. The molecule has 16 heavy (non-hydrogen) atoms. The number of ether oxygens (including phenoxy) is 2. The Bertz CT molecular complexity index is 219. The maximum Gasteiger partial charge on any atom is 0.308 e. The van der Waals surface area contributed by atoms with Crippen molar-refractivity contribution >= 4 is 11.9 Å². The molecule has 0 N–H and O–H groups in total. The lowest BCUT2D eigenvalue weighted by Gasteiger charge is -2.22. The molecule has 0 saturated carbocycles. The minimum atomic E-state index is -0.419. The third-order valence-electron chi connectivity index (χ3n) is 2.21. The Morgan fingerprint density at radius 3 is 1.12 bits per heavy atom. The smallest absolute Gasteiger partial charge is 0.308 e. The molecule has 0 rings (SSSR count). The largest absolute Gasteiger partial charge is 0.459 e. The highest BCUT2D eigenvalue weighted by atomic mass is 16.6. The molecular formula is C12H22O4. The van der Waals surface area contributed by atoms with Gasteiger partial charge in [-0.05, 0) is 13.8 Å². The molecule has 0 radical (unpaired) electrons. The van der Waals surface area contributed by atoms with E-state index in [0.29, 0.717) is 0 Å². The van der Waals surface area contributed by atoms with Crippen molar-refractivity contribution in [2.24, 2.45) is 11.8 Å². The second kappa shape index (κ2) is 6.51. The summed E-state index contributed by atoms with van der Waals surface area (Å²) >= 11 is 0. The average Bonchev–Trinajstić information content (AvgIpc) is 2.16. The molecule has 0 aromatic rings. The molecule has 0 fully saturated rings. The Kier molecular flexibility index (Phi) is 6.08. The molecule has 0 bridgehead atoms. The van der Waals surface area contributed by atoms with Crippen molar-refractivity contribution in [3.05, 3.63) is 0 Å². The molecule has 0 aromatic heterocycles. The summed E-state index contributed by atoms with van der Waals surface area (Å²) in [5.74, 6) is -0.897. The van der Waals surface area contributed by atoms with E-state index in [4.69, 9.17) is 9.47 Å². The summed E-state index contributed by atoms with van der Waals surface area (Å²) in [6, 6.07) is 0. The predicted octanol–water partition coefficient (Wildman–Crippen LogP) is 2.16. The predicted molar refractivity (Wildman–Crippen MR) is 60.8 cm³/mol. The zero-order chi connectivity index (χ0) is 12.9. The van der Waals surface area contributed by atoms with Crippen LogP contribution in [0.4, 0.5) is 0 Å². The van der Waals surface area contributed by atoms with Crippen molar-refractivity contribution in [1.82, 2.24) is 0 Å². The van der Waals surface area contributed by atoms with Crippen molar-refractivity contribution in [2.45, 2.75) is 53.8 Å². The van der Waals surface area contributed by atoms with Gasteiger partial charge in [0.2, 0.25) is 0 Å². The maximum atomic E-state index is 11.3. The van der Waals surface area contributed by atoms with Gasteiger partial charge >= 0.3 is 11.9 Å². The third kappa shape index (κ3) is 5.14. The van der Waals surface area contributed by atoms with Crippen LogP contribution in [0.1, 0.15) is 41.5 Å². The first-order chi connectivity index (χ1) is 7.25. The molecule has 0 amide bonds. The molecule has 0 aliphatic rings. The zero-order valence-corrected chi connectivity index (χ0v) is 10.9. The van der Waals surface area contributed by atoms with Crippen LogP contribution in [-0.4, -0.2) is 24.1 Å². The van der Waals surface area contributed by atoms with Crippen LogP contribution in [0.25, 0.3) is 0 Å². The van der Waals surface area contributed by atoms with Gasteiger partial charge in [-0.3, -0.25) is 9.59 Å². The molecule has 0 heterocycles. The summed E-state index contributed by atoms with van der Waals surface area (Å²) in [6.45, 7) is 10.5. The van der Waals surface area contributed by atoms with Gasteiger partial charge in [-0.2, -0.15) is 0 Å². The second-order valence-electron chi connectivity index (χ2n) is 4.59. The van der Waals surface area contributed by atoms with Gasteiger partial charge in [-0.15, -0.1) is 0 Å². The van der Waals surface area contributed by atoms with Crippen LogP contribution in [0.5, 0.6) is 0 Å². The highest BCUT2D eigenvalue weighted by Gasteiger charge is 2.22. The Labute approximate surface area is 97.3 Å². The van der Waals surface area contributed by atoms with Gasteiger partial charge in [0.15, 0.2) is 0 Å². The Hall–Kier alpha value is -1.06. The summed E-state index contributed by atoms with van der Waals surface area (Å²) in [5.41, 5.74) is 0. The van der Waals surface area contributed by atoms with E-state index in [1.165, 1.54) is 0 Å². The van der Waals surface area contributed by atoms with E-state index in [1.54, 1.807) is 41.5 Å². The average molecular weight is 230 g/mol. The standard InChI is InChI=1S/C12H22O4/c1-7(2)11(13)15-9(5)10(6)16-12(14)8(3)4/h7-10H,1-6H3/t9-,10-/m0/s1. The van der Waals surface area contributed by atoms with Crippen molar-refractivity contribution in [3.63, 3.8) is 0 Å². The van der Waals surface area contributed by atoms with Gasteiger partial charge in [0.1, 0.15) is 12.2 Å². The zero-order valence-electron chi connectivity index (χ0n) is 10.9. The van der Waals surface area contributed by atoms with Crippen LogP contribution in [0.2, 0.25) is 0 Å². The summed E-state index contributed by atoms with van der Waals surface area (Å²) < 4.78 is 10.3. The molecule has 4 nitrogen and oxygen atoms in total. The Morgan fingerprint density at radius 2 is 0.938 bits per heavy atom. The first kappa shape index (κ1) is 14.9. The maximum absolute atomic E-state index is 11.3.